The van der Waals surface area contributed by atoms with Gasteiger partial charge in [-0.25, -0.2) is 9.37 Å². The highest BCUT2D eigenvalue weighted by Gasteiger charge is 2.17. The minimum Gasteiger partial charge on any atom is -0.398 e. The highest BCUT2D eigenvalue weighted by molar-refractivity contribution is 6.10. The Balaban J connectivity index is 2.44. The third-order valence-electron chi connectivity index (χ3n) is 2.52. The zero-order valence-corrected chi connectivity index (χ0v) is 9.35. The van der Waals surface area contributed by atoms with Gasteiger partial charge in [0.2, 0.25) is 5.78 Å². The number of hydrogen-bond donors (Lipinski definition) is 1. The van der Waals surface area contributed by atoms with E-state index in [1.165, 1.54) is 12.1 Å². The molecule has 88 valence electrons. The van der Waals surface area contributed by atoms with Crippen LogP contribution >= 0.6 is 0 Å². The molecule has 0 amide bonds. The Bertz CT molecular complexity index is 563. The molecule has 0 radical (unpaired) electrons. The van der Waals surface area contributed by atoms with Crippen molar-refractivity contribution >= 4 is 11.5 Å². The normalized spacial score (nSPS) is 10.5. The van der Waals surface area contributed by atoms with Gasteiger partial charge >= 0.3 is 0 Å². The molecule has 1 heterocycles. The molecule has 5 heteroatoms. The SMILES string of the molecule is CCn1ccnc1C(=O)c1ccc(F)cc1N. The predicted molar refractivity (Wildman–Crippen MR) is 62.1 cm³/mol. The van der Waals surface area contributed by atoms with Crippen molar-refractivity contribution in [1.82, 2.24) is 9.55 Å². The van der Waals surface area contributed by atoms with E-state index >= 15 is 0 Å². The number of hydrogen-bond acceptors (Lipinski definition) is 3. The Morgan fingerprint density at radius 1 is 1.53 bits per heavy atom. The van der Waals surface area contributed by atoms with Crippen LogP contribution in [-0.2, 0) is 6.54 Å². The van der Waals surface area contributed by atoms with Crippen LogP contribution in [0.15, 0.2) is 30.6 Å². The maximum absolute atomic E-state index is 12.9. The van der Waals surface area contributed by atoms with Gasteiger partial charge in [-0.2, -0.15) is 0 Å². The standard InChI is InChI=1S/C12H12FN3O/c1-2-16-6-5-15-12(16)11(17)9-4-3-8(13)7-10(9)14/h3-7H,2,14H2,1H3. The Hall–Kier alpha value is -2.17. The molecule has 0 aliphatic carbocycles. The number of ketones is 1. The molecule has 4 nitrogen and oxygen atoms in total. The van der Waals surface area contributed by atoms with Crippen LogP contribution in [0.1, 0.15) is 23.1 Å². The van der Waals surface area contributed by atoms with E-state index in [0.29, 0.717) is 12.4 Å². The lowest BCUT2D eigenvalue weighted by Crippen LogP contribution is -2.12. The Kier molecular flexibility index (Phi) is 2.91. The fraction of sp³-hybridized carbons (Fsp3) is 0.167. The van der Waals surface area contributed by atoms with Crippen LogP contribution in [0.2, 0.25) is 0 Å². The number of aromatic nitrogens is 2. The number of nitrogen functional groups attached to an aromatic ring is 1. The van der Waals surface area contributed by atoms with Gasteiger partial charge in [0, 0.05) is 30.2 Å². The predicted octanol–water partition coefficient (Wildman–Crippen LogP) is 1.86. The third kappa shape index (κ3) is 2.04. The second kappa shape index (κ2) is 4.37. The van der Waals surface area contributed by atoms with Crippen LogP contribution in [0.3, 0.4) is 0 Å². The summed E-state index contributed by atoms with van der Waals surface area (Å²) in [5.74, 6) is -0.446. The minimum atomic E-state index is -0.460. The van der Waals surface area contributed by atoms with Crippen molar-refractivity contribution in [2.24, 2.45) is 0 Å². The van der Waals surface area contributed by atoms with Gasteiger partial charge in [0.1, 0.15) is 5.82 Å². The van der Waals surface area contributed by atoms with Gasteiger partial charge < -0.3 is 10.3 Å². The number of carbonyl (C=O) groups is 1. The van der Waals surface area contributed by atoms with E-state index in [2.05, 4.69) is 4.98 Å². The summed E-state index contributed by atoms with van der Waals surface area (Å²) in [7, 11) is 0. The van der Waals surface area contributed by atoms with Crippen LogP contribution in [0, 0.1) is 5.82 Å². The molecular weight excluding hydrogens is 221 g/mol. The minimum absolute atomic E-state index is 0.126. The van der Waals surface area contributed by atoms with Crippen molar-refractivity contribution in [3.05, 3.63) is 47.8 Å². The van der Waals surface area contributed by atoms with Gasteiger partial charge in [0.25, 0.3) is 0 Å². The number of halogens is 1. The maximum Gasteiger partial charge on any atom is 0.230 e. The highest BCUT2D eigenvalue weighted by Crippen LogP contribution is 2.17. The van der Waals surface area contributed by atoms with Crippen molar-refractivity contribution in [2.75, 3.05) is 5.73 Å². The van der Waals surface area contributed by atoms with Crippen LogP contribution < -0.4 is 5.73 Å². The van der Waals surface area contributed by atoms with E-state index in [1.54, 1.807) is 17.0 Å². The molecule has 0 aliphatic heterocycles. The third-order valence-corrected chi connectivity index (χ3v) is 2.52. The first kappa shape index (κ1) is 11.3. The second-order valence-corrected chi connectivity index (χ2v) is 3.60. The summed E-state index contributed by atoms with van der Waals surface area (Å²) in [6.45, 7) is 2.55. The first-order chi connectivity index (χ1) is 8.13. The van der Waals surface area contributed by atoms with Crippen LogP contribution in [0.25, 0.3) is 0 Å². The summed E-state index contributed by atoms with van der Waals surface area (Å²) in [6, 6.07) is 3.72. The quantitative estimate of drug-likeness (QED) is 0.650. The smallest absolute Gasteiger partial charge is 0.230 e. The molecule has 0 saturated carbocycles. The summed E-state index contributed by atoms with van der Waals surface area (Å²) >= 11 is 0. The van der Waals surface area contributed by atoms with Gasteiger partial charge in [-0.1, -0.05) is 0 Å². The molecule has 0 saturated heterocycles. The van der Waals surface area contributed by atoms with E-state index in [4.69, 9.17) is 5.73 Å². The van der Waals surface area contributed by atoms with Gasteiger partial charge in [0.15, 0.2) is 5.82 Å². The summed E-state index contributed by atoms with van der Waals surface area (Å²) in [5, 5.41) is 0. The molecule has 1 aromatic heterocycles. The number of nitrogens with two attached hydrogens (primary N) is 1. The molecule has 0 atom stereocenters. The number of anilines is 1. The number of carbonyl (C=O) groups excluding carboxylic acids is 1. The monoisotopic (exact) mass is 233 g/mol. The number of nitrogens with zero attached hydrogens (tertiary/aromatic N) is 2. The number of aryl methyl sites for hydroxylation is 1. The second-order valence-electron chi connectivity index (χ2n) is 3.60. The van der Waals surface area contributed by atoms with Crippen molar-refractivity contribution in [2.45, 2.75) is 13.5 Å². The zero-order valence-electron chi connectivity index (χ0n) is 9.35. The summed E-state index contributed by atoms with van der Waals surface area (Å²) in [5.41, 5.74) is 6.02. The topological polar surface area (TPSA) is 60.9 Å². The average Bonchev–Trinajstić information content (AvgIpc) is 2.76. The molecule has 2 rings (SSSR count). The molecule has 2 aromatic rings. The molecule has 0 aliphatic rings. The lowest BCUT2D eigenvalue weighted by atomic mass is 10.1. The summed E-state index contributed by atoms with van der Waals surface area (Å²) in [6.07, 6.45) is 3.27. The van der Waals surface area contributed by atoms with E-state index < -0.39 is 5.82 Å². The zero-order chi connectivity index (χ0) is 12.4. The molecule has 17 heavy (non-hydrogen) atoms. The van der Waals surface area contributed by atoms with E-state index in [-0.39, 0.29) is 17.0 Å². The number of imidazole rings is 1. The lowest BCUT2D eigenvalue weighted by molar-refractivity contribution is 0.102. The van der Waals surface area contributed by atoms with Crippen molar-refractivity contribution in [3.8, 4) is 0 Å². The average molecular weight is 233 g/mol. The Morgan fingerprint density at radius 2 is 2.29 bits per heavy atom. The molecule has 1 aromatic carbocycles. The van der Waals surface area contributed by atoms with Gasteiger partial charge in [-0.15, -0.1) is 0 Å². The number of rotatable bonds is 3. The van der Waals surface area contributed by atoms with Crippen molar-refractivity contribution in [1.29, 1.82) is 0 Å². The molecule has 0 bridgehead atoms. The fourth-order valence-corrected chi connectivity index (χ4v) is 1.63. The Morgan fingerprint density at radius 3 is 2.94 bits per heavy atom. The van der Waals surface area contributed by atoms with Crippen LogP contribution in [0.4, 0.5) is 10.1 Å². The van der Waals surface area contributed by atoms with Gasteiger partial charge in [-0.3, -0.25) is 4.79 Å². The van der Waals surface area contributed by atoms with Gasteiger partial charge in [0.05, 0.1) is 0 Å². The highest BCUT2D eigenvalue weighted by atomic mass is 19.1. The molecule has 0 fully saturated rings. The number of benzene rings is 1. The lowest BCUT2D eigenvalue weighted by Gasteiger charge is -2.06. The summed E-state index contributed by atoms with van der Waals surface area (Å²) < 4.78 is 14.6. The first-order valence-corrected chi connectivity index (χ1v) is 5.24. The van der Waals surface area contributed by atoms with E-state index in [0.717, 1.165) is 6.07 Å². The molecule has 2 N–H and O–H groups in total. The Labute approximate surface area is 97.9 Å². The molecule has 0 unspecified atom stereocenters. The van der Waals surface area contributed by atoms with Gasteiger partial charge in [-0.05, 0) is 25.1 Å². The fourth-order valence-electron chi connectivity index (χ4n) is 1.63. The van der Waals surface area contributed by atoms with E-state index in [9.17, 15) is 9.18 Å². The maximum atomic E-state index is 12.9. The van der Waals surface area contributed by atoms with Crippen molar-refractivity contribution in [3.63, 3.8) is 0 Å². The largest absolute Gasteiger partial charge is 0.398 e. The van der Waals surface area contributed by atoms with Crippen LogP contribution in [0.5, 0.6) is 0 Å². The van der Waals surface area contributed by atoms with Crippen molar-refractivity contribution < 1.29 is 9.18 Å². The van der Waals surface area contributed by atoms with E-state index in [1.807, 2.05) is 6.92 Å². The first-order valence-electron chi connectivity index (χ1n) is 5.24. The molecule has 0 spiro atoms. The van der Waals surface area contributed by atoms with Crippen LogP contribution in [-0.4, -0.2) is 15.3 Å². The summed E-state index contributed by atoms with van der Waals surface area (Å²) in [4.78, 5) is 16.1. The molecular formula is C12H12FN3O.